The van der Waals surface area contributed by atoms with Crippen molar-refractivity contribution in [2.45, 2.75) is 23.6 Å². The third-order valence-corrected chi connectivity index (χ3v) is 6.03. The maximum absolute atomic E-state index is 12.1. The number of phenolic OH excluding ortho intramolecular Hbond substituents is 1. The molecule has 0 fully saturated rings. The molecule has 29 heavy (non-hydrogen) atoms. The Morgan fingerprint density at radius 3 is 2.17 bits per heavy atom. The summed E-state index contributed by atoms with van der Waals surface area (Å²) in [5.41, 5.74) is 0.338. The first-order valence-corrected chi connectivity index (χ1v) is 12.2. The molecular weight excluding hydrogens is 418 g/mol. The number of sulfone groups is 2. The van der Waals surface area contributed by atoms with Crippen LogP contribution in [0.25, 0.3) is 0 Å². The van der Waals surface area contributed by atoms with Gasteiger partial charge >= 0.3 is 0 Å². The summed E-state index contributed by atoms with van der Waals surface area (Å²) in [5, 5.41) is 20.3. The number of carbonyl (C=O) groups excluding carboxylic acids is 1. The summed E-state index contributed by atoms with van der Waals surface area (Å²) in [7, 11) is -7.38. The Labute approximate surface area is 169 Å². The van der Waals surface area contributed by atoms with Crippen molar-refractivity contribution >= 4 is 42.6 Å². The molecule has 1 amide bonds. The van der Waals surface area contributed by atoms with E-state index in [2.05, 4.69) is 15.5 Å². The van der Waals surface area contributed by atoms with Crippen LogP contribution in [0.2, 0.25) is 0 Å². The summed E-state index contributed by atoms with van der Waals surface area (Å²) >= 11 is 0. The number of rotatable bonds is 6. The topological polar surface area (TPSA) is 142 Å². The number of nitrogens with one attached hydrogen (secondary N) is 1. The number of azo groups is 1. The molecule has 0 atom stereocenters. The van der Waals surface area contributed by atoms with Gasteiger partial charge in [-0.05, 0) is 36.4 Å². The van der Waals surface area contributed by atoms with E-state index in [1.54, 1.807) is 13.8 Å². The van der Waals surface area contributed by atoms with E-state index in [1.807, 2.05) is 0 Å². The molecule has 0 spiro atoms. The molecule has 2 aromatic carbocycles. The van der Waals surface area contributed by atoms with Gasteiger partial charge in [-0.3, -0.25) is 4.79 Å². The molecule has 0 unspecified atom stereocenters. The number of anilines is 1. The van der Waals surface area contributed by atoms with Gasteiger partial charge in [0.15, 0.2) is 19.7 Å². The van der Waals surface area contributed by atoms with Gasteiger partial charge < -0.3 is 10.4 Å². The summed E-state index contributed by atoms with van der Waals surface area (Å²) in [6, 6.07) is 7.64. The quantitative estimate of drug-likeness (QED) is 0.523. The molecule has 0 aliphatic rings. The number of hydrogen-bond donors (Lipinski definition) is 2. The maximum Gasteiger partial charge on any atom is 0.227 e. The van der Waals surface area contributed by atoms with E-state index in [0.29, 0.717) is 0 Å². The second-order valence-corrected chi connectivity index (χ2v) is 10.7. The van der Waals surface area contributed by atoms with Gasteiger partial charge in [0.1, 0.15) is 11.4 Å². The summed E-state index contributed by atoms with van der Waals surface area (Å²) in [4.78, 5) is 11.4. The molecule has 2 rings (SSSR count). The Balaban J connectivity index is 2.45. The fourth-order valence-electron chi connectivity index (χ4n) is 2.18. The lowest BCUT2D eigenvalue weighted by atomic mass is 10.2. The van der Waals surface area contributed by atoms with Gasteiger partial charge in [0, 0.05) is 18.4 Å². The Morgan fingerprint density at radius 1 is 0.966 bits per heavy atom. The van der Waals surface area contributed by atoms with Gasteiger partial charge in [0.25, 0.3) is 0 Å². The molecule has 0 saturated carbocycles. The first-order valence-electron chi connectivity index (χ1n) is 8.39. The van der Waals surface area contributed by atoms with Crippen molar-refractivity contribution in [1.29, 1.82) is 0 Å². The van der Waals surface area contributed by atoms with Crippen molar-refractivity contribution in [3.8, 4) is 5.75 Å². The van der Waals surface area contributed by atoms with Crippen LogP contribution in [-0.4, -0.2) is 40.4 Å². The Morgan fingerprint density at radius 2 is 1.62 bits per heavy atom. The van der Waals surface area contributed by atoms with Crippen LogP contribution in [0.1, 0.15) is 13.8 Å². The van der Waals surface area contributed by atoms with Crippen molar-refractivity contribution in [2.75, 3.05) is 17.8 Å². The minimum atomic E-state index is -3.78. The number of carbonyl (C=O) groups is 1. The summed E-state index contributed by atoms with van der Waals surface area (Å²) in [6.07, 6.45) is 1.91. The zero-order valence-electron chi connectivity index (χ0n) is 16.2. The fourth-order valence-corrected chi connectivity index (χ4v) is 3.73. The standard InChI is InChI=1S/C18H21N3O6S2/c1-11(2)18(23)19-15-9-12(5-8-16(15)22)20-21-14-7-6-13(28(3,24)25)10-17(14)29(4,26)27/h5-11,22H,1-4H3,(H,19,23). The lowest BCUT2D eigenvalue weighted by Gasteiger charge is -2.09. The highest BCUT2D eigenvalue weighted by molar-refractivity contribution is 7.91. The first kappa shape index (κ1) is 22.5. The van der Waals surface area contributed by atoms with Gasteiger partial charge in [-0.2, -0.15) is 5.11 Å². The molecule has 0 aliphatic heterocycles. The second kappa shape index (κ2) is 8.29. The number of amides is 1. The lowest BCUT2D eigenvalue weighted by molar-refractivity contribution is -0.118. The average molecular weight is 440 g/mol. The monoisotopic (exact) mass is 439 g/mol. The molecule has 11 heteroatoms. The first-order chi connectivity index (χ1) is 13.3. The van der Waals surface area contributed by atoms with Gasteiger partial charge in [-0.1, -0.05) is 13.8 Å². The molecule has 156 valence electrons. The summed E-state index contributed by atoms with van der Waals surface area (Å²) < 4.78 is 47.5. The predicted octanol–water partition coefficient (Wildman–Crippen LogP) is 3.21. The predicted molar refractivity (Wildman–Crippen MR) is 108 cm³/mol. The normalized spacial score (nSPS) is 12.4. The van der Waals surface area contributed by atoms with Crippen LogP contribution in [-0.2, 0) is 24.5 Å². The third-order valence-electron chi connectivity index (χ3n) is 3.79. The van der Waals surface area contributed by atoms with E-state index in [1.165, 1.54) is 30.3 Å². The molecule has 0 radical (unpaired) electrons. The van der Waals surface area contributed by atoms with E-state index < -0.39 is 19.7 Å². The SMILES string of the molecule is CC(C)C(=O)Nc1cc(N=Nc2ccc(S(C)(=O)=O)cc2S(C)(=O)=O)ccc1O. The number of phenols is 1. The largest absolute Gasteiger partial charge is 0.506 e. The van der Waals surface area contributed by atoms with Crippen molar-refractivity contribution in [1.82, 2.24) is 0 Å². The zero-order chi connectivity index (χ0) is 22.0. The fraction of sp³-hybridized carbons (Fsp3) is 0.278. The van der Waals surface area contributed by atoms with E-state index in [4.69, 9.17) is 0 Å². The molecule has 2 N–H and O–H groups in total. The smallest absolute Gasteiger partial charge is 0.227 e. The van der Waals surface area contributed by atoms with Crippen LogP contribution in [0.15, 0.2) is 56.4 Å². The molecule has 0 aromatic heterocycles. The molecular formula is C18H21N3O6S2. The lowest BCUT2D eigenvalue weighted by Crippen LogP contribution is -2.17. The van der Waals surface area contributed by atoms with Crippen molar-refractivity contribution < 1.29 is 26.7 Å². The van der Waals surface area contributed by atoms with E-state index >= 15 is 0 Å². The van der Waals surface area contributed by atoms with Crippen LogP contribution in [0, 0.1) is 5.92 Å². The molecule has 0 aliphatic carbocycles. The van der Waals surface area contributed by atoms with Crippen LogP contribution in [0.5, 0.6) is 5.75 Å². The number of hydrogen-bond acceptors (Lipinski definition) is 8. The van der Waals surface area contributed by atoms with E-state index in [9.17, 15) is 26.7 Å². The van der Waals surface area contributed by atoms with Crippen molar-refractivity contribution in [2.24, 2.45) is 16.1 Å². The number of aromatic hydroxyl groups is 1. The maximum atomic E-state index is 12.1. The van der Waals surface area contributed by atoms with Gasteiger partial charge in [0.2, 0.25) is 5.91 Å². The van der Waals surface area contributed by atoms with Crippen LogP contribution in [0.3, 0.4) is 0 Å². The van der Waals surface area contributed by atoms with Crippen LogP contribution < -0.4 is 5.32 Å². The van der Waals surface area contributed by atoms with Gasteiger partial charge in [-0.25, -0.2) is 16.8 Å². The minimum Gasteiger partial charge on any atom is -0.506 e. The third kappa shape index (κ3) is 5.84. The van der Waals surface area contributed by atoms with Crippen molar-refractivity contribution in [3.05, 3.63) is 36.4 Å². The summed E-state index contributed by atoms with van der Waals surface area (Å²) in [5.74, 6) is -0.761. The highest BCUT2D eigenvalue weighted by Crippen LogP contribution is 2.32. The highest BCUT2D eigenvalue weighted by Gasteiger charge is 2.18. The highest BCUT2D eigenvalue weighted by atomic mass is 32.2. The molecule has 0 heterocycles. The average Bonchev–Trinajstić information content (AvgIpc) is 2.60. The zero-order valence-corrected chi connectivity index (χ0v) is 17.9. The van der Waals surface area contributed by atoms with Crippen LogP contribution in [0.4, 0.5) is 17.1 Å². The number of nitrogens with zero attached hydrogens (tertiary/aromatic N) is 2. The van der Waals surface area contributed by atoms with Gasteiger partial charge in [0.05, 0.1) is 21.2 Å². The minimum absolute atomic E-state index is 0.0410. The van der Waals surface area contributed by atoms with Crippen LogP contribution >= 0.6 is 0 Å². The Kier molecular flexibility index (Phi) is 6.43. The van der Waals surface area contributed by atoms with Crippen molar-refractivity contribution in [3.63, 3.8) is 0 Å². The molecule has 2 aromatic rings. The molecule has 9 nitrogen and oxygen atoms in total. The van der Waals surface area contributed by atoms with E-state index in [0.717, 1.165) is 18.6 Å². The Hall–Kier alpha value is -2.79. The molecule has 0 saturated heterocycles. The summed E-state index contributed by atoms with van der Waals surface area (Å²) in [6.45, 7) is 3.39. The number of benzene rings is 2. The molecule has 0 bridgehead atoms. The second-order valence-electron chi connectivity index (χ2n) is 6.72. The Bertz CT molecular complexity index is 1190. The van der Waals surface area contributed by atoms with Gasteiger partial charge in [-0.15, -0.1) is 5.11 Å². The van der Waals surface area contributed by atoms with E-state index in [-0.39, 0.29) is 44.4 Å².